The van der Waals surface area contributed by atoms with Crippen LogP contribution in [0.15, 0.2) is 84.0 Å². The Morgan fingerprint density at radius 1 is 0.889 bits per heavy atom. The number of hydrazine groups is 2. The molecular weight excluding hydrogens is 457 g/mol. The molecule has 0 radical (unpaired) electrons. The Morgan fingerprint density at radius 3 is 2.15 bits per heavy atom. The number of hydrogen-bond donors (Lipinski definition) is 1. The number of benzene rings is 3. The second-order valence-corrected chi connectivity index (χ2v) is 7.02. The van der Waals surface area contributed by atoms with E-state index in [9.17, 15) is 10.1 Å². The third-order valence-corrected chi connectivity index (χ3v) is 4.73. The molecule has 0 aromatic heterocycles. The van der Waals surface area contributed by atoms with Crippen LogP contribution in [0.3, 0.4) is 0 Å². The van der Waals surface area contributed by atoms with E-state index in [0.29, 0.717) is 5.84 Å². The van der Waals surface area contributed by atoms with Gasteiger partial charge in [-0.15, -0.1) is 5.10 Å². The van der Waals surface area contributed by atoms with Crippen LogP contribution in [0.5, 0.6) is 0 Å². The number of rotatable bonds is 4. The minimum absolute atomic E-state index is 0.0444. The van der Waals surface area contributed by atoms with Crippen LogP contribution in [0.1, 0.15) is 5.56 Å². The summed E-state index contributed by atoms with van der Waals surface area (Å²) in [6.07, 6.45) is 0. The van der Waals surface area contributed by atoms with Gasteiger partial charge in [0.25, 0.3) is 5.69 Å². The molecule has 0 unspecified atom stereocenters. The van der Waals surface area contributed by atoms with Crippen molar-refractivity contribution < 1.29 is 4.92 Å². The van der Waals surface area contributed by atoms with Gasteiger partial charge >= 0.3 is 0 Å². The second-order valence-electron chi connectivity index (χ2n) is 5.78. The number of non-ortho nitro benzene ring substituents is 1. The molecule has 0 amide bonds. The maximum absolute atomic E-state index is 10.9. The van der Waals surface area contributed by atoms with Crippen LogP contribution < -0.4 is 15.7 Å². The highest BCUT2D eigenvalue weighted by molar-refractivity contribution is 14.1. The molecule has 0 atom stereocenters. The van der Waals surface area contributed by atoms with Crippen molar-refractivity contribution in [2.75, 3.05) is 10.2 Å². The average Bonchev–Trinajstić information content (AvgIpc) is 3.15. The molecule has 1 heterocycles. The van der Waals surface area contributed by atoms with Gasteiger partial charge < -0.3 is 0 Å². The van der Waals surface area contributed by atoms with Gasteiger partial charge in [-0.2, -0.15) is 10.2 Å². The Labute approximate surface area is 169 Å². The Bertz CT molecular complexity index is 991. The van der Waals surface area contributed by atoms with Gasteiger partial charge in [-0.1, -0.05) is 30.3 Å². The number of nitrogens with zero attached hydrogens (tertiary/aromatic N) is 4. The first kappa shape index (κ1) is 17.3. The summed E-state index contributed by atoms with van der Waals surface area (Å²) in [7, 11) is 0. The molecule has 0 fully saturated rings. The molecular formula is C19H14IN5O2. The lowest BCUT2D eigenvalue weighted by Crippen LogP contribution is -2.44. The number of hydrazone groups is 1. The fraction of sp³-hybridized carbons (Fsp3) is 0. The maximum atomic E-state index is 10.9. The molecule has 1 N–H and O–H groups in total. The number of anilines is 2. The summed E-state index contributed by atoms with van der Waals surface area (Å²) in [6.45, 7) is 0. The van der Waals surface area contributed by atoms with Crippen LogP contribution in [-0.4, -0.2) is 10.8 Å². The zero-order valence-corrected chi connectivity index (χ0v) is 16.1. The lowest BCUT2D eigenvalue weighted by molar-refractivity contribution is -0.384. The molecule has 0 saturated heterocycles. The Balaban J connectivity index is 1.72. The first-order valence-electron chi connectivity index (χ1n) is 8.13. The molecule has 3 aromatic rings. The quantitative estimate of drug-likeness (QED) is 0.349. The van der Waals surface area contributed by atoms with E-state index < -0.39 is 4.92 Å². The fourth-order valence-corrected chi connectivity index (χ4v) is 3.02. The van der Waals surface area contributed by atoms with Crippen LogP contribution >= 0.6 is 22.6 Å². The third-order valence-electron chi connectivity index (χ3n) is 4.01. The molecule has 3 aromatic carbocycles. The number of nitro groups is 1. The van der Waals surface area contributed by atoms with Gasteiger partial charge in [0.15, 0.2) is 5.84 Å². The Morgan fingerprint density at radius 2 is 1.52 bits per heavy atom. The predicted molar refractivity (Wildman–Crippen MR) is 113 cm³/mol. The number of halogens is 1. The number of hydrogen-bond acceptors (Lipinski definition) is 6. The van der Waals surface area contributed by atoms with Gasteiger partial charge in [0.1, 0.15) is 0 Å². The van der Waals surface area contributed by atoms with E-state index in [-0.39, 0.29) is 5.69 Å². The van der Waals surface area contributed by atoms with Gasteiger partial charge in [0.05, 0.1) is 16.3 Å². The normalized spacial score (nSPS) is 13.3. The Hall–Kier alpha value is -3.14. The topological polar surface area (TPSA) is 74.0 Å². The largest absolute Gasteiger partial charge is 0.269 e. The van der Waals surface area contributed by atoms with Gasteiger partial charge in [-0.3, -0.25) is 15.5 Å². The van der Waals surface area contributed by atoms with Crippen LogP contribution in [0, 0.1) is 13.7 Å². The van der Waals surface area contributed by atoms with E-state index >= 15 is 0 Å². The predicted octanol–water partition coefficient (Wildman–Crippen LogP) is 4.31. The summed E-state index contributed by atoms with van der Waals surface area (Å²) in [4.78, 5) is 10.5. The van der Waals surface area contributed by atoms with Crippen molar-refractivity contribution in [1.82, 2.24) is 5.43 Å². The first-order chi connectivity index (χ1) is 13.1. The summed E-state index contributed by atoms with van der Waals surface area (Å²) < 4.78 is 1.12. The van der Waals surface area contributed by atoms with Crippen LogP contribution in [0.4, 0.5) is 17.1 Å². The summed E-state index contributed by atoms with van der Waals surface area (Å²) >= 11 is 2.25. The highest BCUT2D eigenvalue weighted by Gasteiger charge is 2.26. The van der Waals surface area contributed by atoms with Crippen molar-refractivity contribution in [3.63, 3.8) is 0 Å². The lowest BCUT2D eigenvalue weighted by Gasteiger charge is -2.27. The van der Waals surface area contributed by atoms with E-state index in [0.717, 1.165) is 20.5 Å². The van der Waals surface area contributed by atoms with Gasteiger partial charge in [0, 0.05) is 21.3 Å². The summed E-state index contributed by atoms with van der Waals surface area (Å²) in [5.74, 6) is 0.688. The number of amidine groups is 1. The molecule has 4 rings (SSSR count). The van der Waals surface area contributed by atoms with Crippen molar-refractivity contribution >= 4 is 45.5 Å². The first-order valence-corrected chi connectivity index (χ1v) is 9.20. The average molecular weight is 471 g/mol. The molecule has 27 heavy (non-hydrogen) atoms. The Kier molecular flexibility index (Phi) is 4.63. The molecule has 7 nitrogen and oxygen atoms in total. The third kappa shape index (κ3) is 3.56. The second kappa shape index (κ2) is 7.23. The molecule has 8 heteroatoms. The SMILES string of the molecule is O=[N+]([O-])c1ccc(N2NC(c3ccccc3)=NN2c2ccc(I)cc2)cc1. The fourth-order valence-electron chi connectivity index (χ4n) is 2.66. The van der Waals surface area contributed by atoms with Crippen molar-refractivity contribution in [2.45, 2.75) is 0 Å². The van der Waals surface area contributed by atoms with Gasteiger partial charge in [0.2, 0.25) is 0 Å². The number of nitrogens with one attached hydrogen (secondary N) is 1. The lowest BCUT2D eigenvalue weighted by atomic mass is 10.2. The van der Waals surface area contributed by atoms with Crippen LogP contribution in [0.25, 0.3) is 0 Å². The van der Waals surface area contributed by atoms with E-state index in [1.165, 1.54) is 12.1 Å². The molecule has 0 aliphatic carbocycles. The van der Waals surface area contributed by atoms with Crippen molar-refractivity contribution in [1.29, 1.82) is 0 Å². The van der Waals surface area contributed by atoms with E-state index in [1.54, 1.807) is 22.4 Å². The van der Waals surface area contributed by atoms with Gasteiger partial charge in [-0.25, -0.2) is 0 Å². The van der Waals surface area contributed by atoms with Crippen LogP contribution in [-0.2, 0) is 0 Å². The van der Waals surface area contributed by atoms with E-state index in [2.05, 4.69) is 28.0 Å². The zero-order chi connectivity index (χ0) is 18.8. The smallest absolute Gasteiger partial charge is 0.259 e. The summed E-state index contributed by atoms with van der Waals surface area (Å²) in [6, 6.07) is 24.1. The van der Waals surface area contributed by atoms with E-state index in [4.69, 9.17) is 5.10 Å². The minimum Gasteiger partial charge on any atom is -0.259 e. The van der Waals surface area contributed by atoms with Crippen LogP contribution in [0.2, 0.25) is 0 Å². The molecule has 134 valence electrons. The molecule has 1 aliphatic heterocycles. The summed E-state index contributed by atoms with van der Waals surface area (Å²) in [5, 5.41) is 19.1. The zero-order valence-electron chi connectivity index (χ0n) is 14.0. The molecule has 0 saturated carbocycles. The van der Waals surface area contributed by atoms with Crippen molar-refractivity contribution in [2.24, 2.45) is 5.10 Å². The highest BCUT2D eigenvalue weighted by atomic mass is 127. The summed E-state index contributed by atoms with van der Waals surface area (Å²) in [5.41, 5.74) is 5.86. The highest BCUT2D eigenvalue weighted by Crippen LogP contribution is 2.27. The monoisotopic (exact) mass is 471 g/mol. The van der Waals surface area contributed by atoms with Gasteiger partial charge in [-0.05, 0) is 59.0 Å². The standard InChI is InChI=1S/C19H14IN5O2/c20-15-6-8-16(9-7-15)23-21-19(14-4-2-1-3-5-14)22-24(23)17-10-12-18(13-11-17)25(26)27/h1-13H,(H,21,22). The molecule has 0 bridgehead atoms. The molecule has 1 aliphatic rings. The minimum atomic E-state index is -0.413. The number of nitro benzene ring substituents is 1. The van der Waals surface area contributed by atoms with Crippen molar-refractivity contribution in [3.8, 4) is 0 Å². The van der Waals surface area contributed by atoms with Crippen molar-refractivity contribution in [3.05, 3.63) is 98.1 Å². The van der Waals surface area contributed by atoms with E-state index in [1.807, 2.05) is 54.6 Å². The maximum Gasteiger partial charge on any atom is 0.269 e. The molecule has 0 spiro atoms.